The maximum atomic E-state index is 12.4. The number of hydrogen-bond donors (Lipinski definition) is 1. The standard InChI is InChI=1S/C17H14N4O4S/c1-25-10-13-8-7-12(9-14(13)21(23)24)15(22)18-17-20-19-16(26-17)11-5-3-2-4-6-11/h2-9H,10H2,1H3,(H,18,20,22). The summed E-state index contributed by atoms with van der Waals surface area (Å²) >= 11 is 1.22. The van der Waals surface area contributed by atoms with Crippen LogP contribution in [-0.4, -0.2) is 28.1 Å². The second kappa shape index (κ2) is 7.81. The van der Waals surface area contributed by atoms with E-state index in [1.165, 1.54) is 36.6 Å². The first-order valence-electron chi connectivity index (χ1n) is 7.55. The highest BCUT2D eigenvalue weighted by Gasteiger charge is 2.18. The SMILES string of the molecule is COCc1ccc(C(=O)Nc2nnc(-c3ccccc3)s2)cc1[N+](=O)[O-]. The van der Waals surface area contributed by atoms with Crippen molar-refractivity contribution < 1.29 is 14.5 Å². The highest BCUT2D eigenvalue weighted by molar-refractivity contribution is 7.18. The zero-order chi connectivity index (χ0) is 18.5. The molecule has 0 spiro atoms. The van der Waals surface area contributed by atoms with E-state index in [1.807, 2.05) is 30.3 Å². The maximum absolute atomic E-state index is 12.4. The Morgan fingerprint density at radius 3 is 2.69 bits per heavy atom. The number of aromatic nitrogens is 2. The fourth-order valence-corrected chi connectivity index (χ4v) is 3.04. The van der Waals surface area contributed by atoms with Crippen molar-refractivity contribution in [1.82, 2.24) is 10.2 Å². The van der Waals surface area contributed by atoms with Gasteiger partial charge in [0.2, 0.25) is 5.13 Å². The Morgan fingerprint density at radius 2 is 2.00 bits per heavy atom. The van der Waals surface area contributed by atoms with Gasteiger partial charge in [0.05, 0.1) is 17.1 Å². The molecule has 0 fully saturated rings. The molecule has 1 amide bonds. The molecule has 8 nitrogen and oxygen atoms in total. The van der Waals surface area contributed by atoms with Gasteiger partial charge in [0, 0.05) is 24.3 Å². The topological polar surface area (TPSA) is 107 Å². The van der Waals surface area contributed by atoms with Gasteiger partial charge in [-0.15, -0.1) is 10.2 Å². The maximum Gasteiger partial charge on any atom is 0.275 e. The first-order valence-corrected chi connectivity index (χ1v) is 8.36. The average Bonchev–Trinajstić information content (AvgIpc) is 3.11. The van der Waals surface area contributed by atoms with Crippen LogP contribution in [0.4, 0.5) is 10.8 Å². The lowest BCUT2D eigenvalue weighted by Crippen LogP contribution is -2.12. The lowest BCUT2D eigenvalue weighted by molar-refractivity contribution is -0.385. The Bertz CT molecular complexity index is 943. The molecule has 1 aromatic heterocycles. The quantitative estimate of drug-likeness (QED) is 0.525. The van der Waals surface area contributed by atoms with E-state index in [4.69, 9.17) is 4.74 Å². The van der Waals surface area contributed by atoms with Crippen LogP contribution in [0.3, 0.4) is 0 Å². The largest absolute Gasteiger partial charge is 0.380 e. The average molecular weight is 370 g/mol. The number of nitro benzene ring substituents is 1. The molecule has 0 bridgehead atoms. The third kappa shape index (κ3) is 3.90. The van der Waals surface area contributed by atoms with Crippen LogP contribution >= 0.6 is 11.3 Å². The number of nitro groups is 1. The molecule has 0 radical (unpaired) electrons. The molecule has 2 aromatic carbocycles. The van der Waals surface area contributed by atoms with Crippen LogP contribution < -0.4 is 5.32 Å². The number of amides is 1. The van der Waals surface area contributed by atoms with Crippen molar-refractivity contribution >= 4 is 28.1 Å². The molecule has 0 atom stereocenters. The number of carbonyl (C=O) groups excluding carboxylic acids is 1. The van der Waals surface area contributed by atoms with E-state index < -0.39 is 10.8 Å². The fraction of sp³-hybridized carbons (Fsp3) is 0.118. The summed E-state index contributed by atoms with van der Waals surface area (Å²) in [4.78, 5) is 23.0. The monoisotopic (exact) mass is 370 g/mol. The van der Waals surface area contributed by atoms with Crippen LogP contribution in [-0.2, 0) is 11.3 Å². The molecule has 26 heavy (non-hydrogen) atoms. The summed E-state index contributed by atoms with van der Waals surface area (Å²) in [6.07, 6.45) is 0. The van der Waals surface area contributed by atoms with E-state index in [9.17, 15) is 14.9 Å². The second-order valence-corrected chi connectivity index (χ2v) is 6.24. The molecule has 0 saturated carbocycles. The fourth-order valence-electron chi connectivity index (χ4n) is 2.29. The van der Waals surface area contributed by atoms with Gasteiger partial charge in [-0.05, 0) is 12.1 Å². The Balaban J connectivity index is 1.79. The van der Waals surface area contributed by atoms with Crippen LogP contribution in [0, 0.1) is 10.1 Å². The number of hydrogen-bond acceptors (Lipinski definition) is 7. The molecule has 3 aromatic rings. The molecule has 0 aliphatic heterocycles. The summed E-state index contributed by atoms with van der Waals surface area (Å²) in [5.41, 5.74) is 1.29. The van der Waals surface area contributed by atoms with Crippen LogP contribution in [0.25, 0.3) is 10.6 Å². The molecule has 0 aliphatic rings. The predicted molar refractivity (Wildman–Crippen MR) is 97.1 cm³/mol. The minimum absolute atomic E-state index is 0.0923. The third-order valence-electron chi connectivity index (χ3n) is 3.51. The molecule has 1 N–H and O–H groups in total. The van der Waals surface area contributed by atoms with Crippen molar-refractivity contribution in [1.29, 1.82) is 0 Å². The van der Waals surface area contributed by atoms with Crippen LogP contribution in [0.5, 0.6) is 0 Å². The molecule has 0 saturated heterocycles. The second-order valence-electron chi connectivity index (χ2n) is 5.27. The number of rotatable bonds is 6. The minimum Gasteiger partial charge on any atom is -0.380 e. The van der Waals surface area contributed by atoms with Gasteiger partial charge >= 0.3 is 0 Å². The van der Waals surface area contributed by atoms with Gasteiger partial charge in [-0.1, -0.05) is 41.7 Å². The Kier molecular flexibility index (Phi) is 5.30. The third-order valence-corrected chi connectivity index (χ3v) is 4.40. The number of methoxy groups -OCH3 is 1. The van der Waals surface area contributed by atoms with Gasteiger partial charge < -0.3 is 4.74 Å². The molecule has 9 heteroatoms. The van der Waals surface area contributed by atoms with Crippen LogP contribution in [0.1, 0.15) is 15.9 Å². The molecule has 132 valence electrons. The predicted octanol–water partition coefficient (Wildman–Crippen LogP) is 3.51. The summed E-state index contributed by atoms with van der Waals surface area (Å²) < 4.78 is 4.94. The summed E-state index contributed by atoms with van der Waals surface area (Å²) in [5.74, 6) is -0.493. The zero-order valence-electron chi connectivity index (χ0n) is 13.7. The number of nitrogens with zero attached hydrogens (tertiary/aromatic N) is 3. The molecule has 1 heterocycles. The van der Waals surface area contributed by atoms with Gasteiger partial charge in [0.15, 0.2) is 0 Å². The van der Waals surface area contributed by atoms with E-state index in [-0.39, 0.29) is 17.9 Å². The Labute approximate surface area is 152 Å². The number of nitrogens with one attached hydrogen (secondary N) is 1. The van der Waals surface area contributed by atoms with E-state index in [0.29, 0.717) is 15.7 Å². The summed E-state index contributed by atoms with van der Waals surface area (Å²) in [6.45, 7) is 0.0923. The van der Waals surface area contributed by atoms with E-state index in [1.54, 1.807) is 0 Å². The van der Waals surface area contributed by atoms with E-state index >= 15 is 0 Å². The summed E-state index contributed by atoms with van der Waals surface area (Å²) in [6, 6.07) is 13.7. The highest BCUT2D eigenvalue weighted by atomic mass is 32.1. The van der Waals surface area contributed by atoms with Gasteiger partial charge in [0.1, 0.15) is 5.01 Å². The van der Waals surface area contributed by atoms with E-state index in [2.05, 4.69) is 15.5 Å². The van der Waals surface area contributed by atoms with Gasteiger partial charge in [-0.2, -0.15) is 0 Å². The Hall–Kier alpha value is -3.17. The highest BCUT2D eigenvalue weighted by Crippen LogP contribution is 2.27. The van der Waals surface area contributed by atoms with Crippen molar-refractivity contribution in [3.8, 4) is 10.6 Å². The Morgan fingerprint density at radius 1 is 1.23 bits per heavy atom. The number of benzene rings is 2. The summed E-state index contributed by atoms with van der Waals surface area (Å²) in [5, 5.41) is 22.8. The minimum atomic E-state index is -0.538. The first kappa shape index (κ1) is 17.6. The van der Waals surface area contributed by atoms with E-state index in [0.717, 1.165) is 5.56 Å². The normalized spacial score (nSPS) is 10.5. The van der Waals surface area contributed by atoms with Crippen molar-refractivity contribution in [2.75, 3.05) is 12.4 Å². The van der Waals surface area contributed by atoms with Crippen LogP contribution in [0.15, 0.2) is 48.5 Å². The van der Waals surface area contributed by atoms with Gasteiger partial charge in [0.25, 0.3) is 11.6 Å². The van der Waals surface area contributed by atoms with Crippen LogP contribution in [0.2, 0.25) is 0 Å². The van der Waals surface area contributed by atoms with Gasteiger partial charge in [-0.3, -0.25) is 20.2 Å². The van der Waals surface area contributed by atoms with Crippen molar-refractivity contribution in [3.63, 3.8) is 0 Å². The molecule has 0 unspecified atom stereocenters. The first-order chi connectivity index (χ1) is 12.6. The lowest BCUT2D eigenvalue weighted by Gasteiger charge is -2.05. The molecule has 3 rings (SSSR count). The number of ether oxygens (including phenoxy) is 1. The number of anilines is 1. The number of carbonyl (C=O) groups is 1. The van der Waals surface area contributed by atoms with Crippen molar-refractivity contribution in [3.05, 3.63) is 69.8 Å². The smallest absolute Gasteiger partial charge is 0.275 e. The van der Waals surface area contributed by atoms with Crippen molar-refractivity contribution in [2.45, 2.75) is 6.61 Å². The molecule has 0 aliphatic carbocycles. The molecular formula is C17H14N4O4S. The lowest BCUT2D eigenvalue weighted by atomic mass is 10.1. The van der Waals surface area contributed by atoms with Crippen molar-refractivity contribution in [2.24, 2.45) is 0 Å². The summed E-state index contributed by atoms with van der Waals surface area (Å²) in [7, 11) is 1.45. The molecular weight excluding hydrogens is 356 g/mol. The van der Waals surface area contributed by atoms with Gasteiger partial charge in [-0.25, -0.2) is 0 Å². The zero-order valence-corrected chi connectivity index (χ0v) is 14.5.